The summed E-state index contributed by atoms with van der Waals surface area (Å²) in [4.78, 5) is 12.0. The van der Waals surface area contributed by atoms with Gasteiger partial charge >= 0.3 is 0 Å². The number of pyridine rings is 1. The van der Waals surface area contributed by atoms with Gasteiger partial charge in [0.15, 0.2) is 0 Å². The largest absolute Gasteiger partial charge is 0.868 e. The quantitative estimate of drug-likeness (QED) is 0.304. The van der Waals surface area contributed by atoms with Crippen molar-refractivity contribution in [3.63, 3.8) is 0 Å². The van der Waals surface area contributed by atoms with E-state index in [-0.39, 0.29) is 5.56 Å². The molecule has 0 unspecified atom stereocenters. The maximum Gasteiger partial charge on any atom is 0.262 e. The molecule has 1 aromatic heterocycles. The molecule has 2 aromatic rings. The Balaban J connectivity index is 2.27. The number of hydrogen-bond acceptors (Lipinski definition) is 6. The molecule has 0 saturated heterocycles. The summed E-state index contributed by atoms with van der Waals surface area (Å²) in [6.45, 7) is 0. The van der Waals surface area contributed by atoms with Gasteiger partial charge in [0.05, 0.1) is 11.1 Å². The zero-order valence-corrected chi connectivity index (χ0v) is 10.9. The number of nitrogens with zero attached hydrogens (tertiary/aromatic N) is 3. The van der Waals surface area contributed by atoms with Crippen LogP contribution in [0.5, 0.6) is 5.75 Å². The van der Waals surface area contributed by atoms with E-state index in [0.717, 1.165) is 24.4 Å². The van der Waals surface area contributed by atoms with Crippen LogP contribution in [0.2, 0.25) is 0 Å². The Labute approximate surface area is 125 Å². The number of hydrogen-bond donors (Lipinski definition) is 1. The van der Waals surface area contributed by atoms with Crippen molar-refractivity contribution in [3.8, 4) is 5.75 Å². The van der Waals surface area contributed by atoms with Crippen LogP contribution in [-0.2, 0) is 0 Å². The number of nitrogens with one attached hydrogen (secondary N) is 1. The zero-order valence-electron chi connectivity index (χ0n) is 10.9. The van der Waals surface area contributed by atoms with E-state index in [0.29, 0.717) is 0 Å². The Morgan fingerprint density at radius 1 is 1.17 bits per heavy atom. The average molecular weight is 329 g/mol. The third-order valence-corrected chi connectivity index (χ3v) is 2.57. The second-order valence-corrected chi connectivity index (χ2v) is 4.05. The fourth-order valence-corrected chi connectivity index (χ4v) is 1.51. The van der Waals surface area contributed by atoms with Gasteiger partial charge in [0.1, 0.15) is 5.69 Å². The number of halogens is 4. The number of anilines is 1. The summed E-state index contributed by atoms with van der Waals surface area (Å²) in [6.07, 6.45) is 0.863. The minimum Gasteiger partial charge on any atom is -0.868 e. The highest BCUT2D eigenvalue weighted by molar-refractivity contribution is 5.82. The van der Waals surface area contributed by atoms with E-state index < -0.39 is 45.6 Å². The minimum absolute atomic E-state index is 0.0413. The maximum atomic E-state index is 13.3. The lowest BCUT2D eigenvalue weighted by Gasteiger charge is -2.06. The van der Waals surface area contributed by atoms with Crippen LogP contribution in [0.1, 0.15) is 5.56 Å². The van der Waals surface area contributed by atoms with E-state index in [1.165, 1.54) is 0 Å². The Bertz CT molecular complexity index is 787. The molecule has 0 spiro atoms. The van der Waals surface area contributed by atoms with Crippen LogP contribution in [-0.4, -0.2) is 16.1 Å². The Kier molecular flexibility index (Phi) is 4.39. The number of aromatic nitrogens is 1. The van der Waals surface area contributed by atoms with Crippen LogP contribution in [0.3, 0.4) is 0 Å². The summed E-state index contributed by atoms with van der Waals surface area (Å²) in [6, 6.07) is 2.92. The molecule has 0 aliphatic carbocycles. The van der Waals surface area contributed by atoms with Crippen molar-refractivity contribution in [1.29, 1.82) is 0 Å². The van der Waals surface area contributed by atoms with Gasteiger partial charge in [-0.3, -0.25) is 15.5 Å². The SMILES string of the molecule is O=[N+]([O-])c1cc(/C=N\Nc2c(F)c(F)nc(F)c2F)ccc1[O-]. The van der Waals surface area contributed by atoms with Crippen molar-refractivity contribution in [3.05, 3.63) is 57.4 Å². The second-order valence-electron chi connectivity index (χ2n) is 4.05. The van der Waals surface area contributed by atoms with Gasteiger partial charge in [-0.05, 0) is 5.75 Å². The first-order chi connectivity index (χ1) is 10.8. The van der Waals surface area contributed by atoms with E-state index in [1.54, 1.807) is 5.43 Å². The predicted octanol–water partition coefficient (Wildman–Crippen LogP) is 2.07. The lowest BCUT2D eigenvalue weighted by Crippen LogP contribution is -2.06. The number of rotatable bonds is 4. The van der Waals surface area contributed by atoms with E-state index in [2.05, 4.69) is 10.1 Å². The predicted molar refractivity (Wildman–Crippen MR) is 67.8 cm³/mol. The third-order valence-electron chi connectivity index (χ3n) is 2.57. The maximum absolute atomic E-state index is 13.3. The molecule has 0 aliphatic rings. The third kappa shape index (κ3) is 3.33. The molecule has 0 saturated carbocycles. The first-order valence-corrected chi connectivity index (χ1v) is 5.75. The Morgan fingerprint density at radius 2 is 1.78 bits per heavy atom. The minimum atomic E-state index is -1.87. The molecule has 0 amide bonds. The van der Waals surface area contributed by atoms with Crippen molar-refractivity contribution >= 4 is 17.6 Å². The molecule has 2 rings (SSSR count). The molecule has 23 heavy (non-hydrogen) atoms. The summed E-state index contributed by atoms with van der Waals surface area (Å²) in [5, 5.41) is 25.1. The molecule has 0 fully saturated rings. The lowest BCUT2D eigenvalue weighted by atomic mass is 10.2. The van der Waals surface area contributed by atoms with Crippen molar-refractivity contribution < 1.29 is 27.6 Å². The Hall–Kier alpha value is -3.24. The molecule has 0 aliphatic heterocycles. The highest BCUT2D eigenvalue weighted by atomic mass is 19.2. The average Bonchev–Trinajstić information content (AvgIpc) is 2.50. The molecule has 120 valence electrons. The zero-order chi connectivity index (χ0) is 17.1. The summed E-state index contributed by atoms with van der Waals surface area (Å²) < 4.78 is 52.3. The summed E-state index contributed by atoms with van der Waals surface area (Å²) in [5.41, 5.74) is -0.183. The summed E-state index contributed by atoms with van der Waals surface area (Å²) in [7, 11) is 0. The van der Waals surface area contributed by atoms with Gasteiger partial charge in [0.25, 0.3) is 17.6 Å². The molecule has 11 heteroatoms. The van der Waals surface area contributed by atoms with Crippen molar-refractivity contribution in [2.24, 2.45) is 5.10 Å². The number of nitro groups is 1. The van der Waals surface area contributed by atoms with E-state index in [1.807, 2.05) is 0 Å². The smallest absolute Gasteiger partial charge is 0.262 e. The van der Waals surface area contributed by atoms with Gasteiger partial charge in [0, 0.05) is 11.6 Å². The van der Waals surface area contributed by atoms with E-state index in [9.17, 15) is 32.8 Å². The van der Waals surface area contributed by atoms with Gasteiger partial charge in [-0.1, -0.05) is 12.1 Å². The second kappa shape index (κ2) is 6.25. The fourth-order valence-electron chi connectivity index (χ4n) is 1.51. The summed E-state index contributed by atoms with van der Waals surface area (Å²) in [5.74, 6) is -8.15. The molecule has 1 aromatic carbocycles. The molecule has 7 nitrogen and oxygen atoms in total. The fraction of sp³-hybridized carbons (Fsp3) is 0. The van der Waals surface area contributed by atoms with Crippen LogP contribution in [0.4, 0.5) is 28.9 Å². The number of hydrazone groups is 1. The molecule has 1 N–H and O–H groups in total. The van der Waals surface area contributed by atoms with Crippen LogP contribution >= 0.6 is 0 Å². The molecule has 0 radical (unpaired) electrons. The molecular formula is C12H5F4N4O3-. The van der Waals surface area contributed by atoms with E-state index >= 15 is 0 Å². The van der Waals surface area contributed by atoms with Crippen molar-refractivity contribution in [1.82, 2.24) is 4.98 Å². The van der Waals surface area contributed by atoms with Crippen molar-refractivity contribution in [2.45, 2.75) is 0 Å². The number of nitro benzene ring substituents is 1. The standard InChI is InChI=1S/C12H6F4N4O3/c13-8-10(9(14)12(16)18-11(8)15)19-17-4-5-1-2-7(21)6(3-5)20(22)23/h1-4,21H,(H,18,19)/p-1/b17-4-. The molecular weight excluding hydrogens is 324 g/mol. The first-order valence-electron chi connectivity index (χ1n) is 5.75. The number of benzene rings is 1. The molecule has 0 bridgehead atoms. The van der Waals surface area contributed by atoms with Gasteiger partial charge < -0.3 is 5.11 Å². The van der Waals surface area contributed by atoms with Crippen LogP contribution in [0, 0.1) is 33.6 Å². The van der Waals surface area contributed by atoms with Gasteiger partial charge in [-0.25, -0.2) is 0 Å². The summed E-state index contributed by atoms with van der Waals surface area (Å²) >= 11 is 0. The van der Waals surface area contributed by atoms with Crippen molar-refractivity contribution in [2.75, 3.05) is 5.43 Å². The molecule has 0 atom stereocenters. The molecule has 1 heterocycles. The van der Waals surface area contributed by atoms with Crippen LogP contribution in [0.25, 0.3) is 0 Å². The monoisotopic (exact) mass is 329 g/mol. The highest BCUT2D eigenvalue weighted by Gasteiger charge is 2.20. The Morgan fingerprint density at radius 3 is 2.35 bits per heavy atom. The normalized spacial score (nSPS) is 11.0. The highest BCUT2D eigenvalue weighted by Crippen LogP contribution is 2.24. The van der Waals surface area contributed by atoms with Crippen LogP contribution < -0.4 is 10.5 Å². The van der Waals surface area contributed by atoms with Gasteiger partial charge in [0.2, 0.25) is 11.6 Å². The van der Waals surface area contributed by atoms with Crippen LogP contribution in [0.15, 0.2) is 23.3 Å². The topological polar surface area (TPSA) is 103 Å². The van der Waals surface area contributed by atoms with Gasteiger partial charge in [-0.2, -0.15) is 27.6 Å². The van der Waals surface area contributed by atoms with E-state index in [4.69, 9.17) is 0 Å². The lowest BCUT2D eigenvalue weighted by molar-refractivity contribution is -0.398. The van der Waals surface area contributed by atoms with Gasteiger partial charge in [-0.15, -0.1) is 0 Å². The first kappa shape index (κ1) is 16.1.